The Bertz CT molecular complexity index is 1040. The third-order valence-electron chi connectivity index (χ3n) is 5.32. The van der Waals surface area contributed by atoms with Gasteiger partial charge in [-0.15, -0.1) is 0 Å². The van der Waals surface area contributed by atoms with E-state index in [0.717, 1.165) is 22.3 Å². The molecule has 1 atom stereocenters. The molecule has 3 amide bonds. The molecule has 0 saturated carbocycles. The number of alkyl carbamates (subject to hydrolysis) is 1. The van der Waals surface area contributed by atoms with Gasteiger partial charge < -0.3 is 20.3 Å². The van der Waals surface area contributed by atoms with Crippen LogP contribution in [0.2, 0.25) is 0 Å². The van der Waals surface area contributed by atoms with Crippen molar-refractivity contribution in [3.05, 3.63) is 70.8 Å². The van der Waals surface area contributed by atoms with E-state index in [2.05, 4.69) is 10.6 Å². The molecule has 2 N–H and O–H groups in total. The van der Waals surface area contributed by atoms with Gasteiger partial charge >= 0.3 is 6.09 Å². The first-order valence-electron chi connectivity index (χ1n) is 11.9. The maximum Gasteiger partial charge on any atom is 0.408 e. The molecule has 7 heteroatoms. The van der Waals surface area contributed by atoms with Crippen LogP contribution in [-0.2, 0) is 20.9 Å². The van der Waals surface area contributed by atoms with Crippen LogP contribution in [-0.4, -0.2) is 40.5 Å². The number of rotatable bonds is 7. The average Bonchev–Trinajstić information content (AvgIpc) is 2.74. The molecule has 2 aromatic rings. The number of hydrogen-bond acceptors (Lipinski definition) is 4. The Morgan fingerprint density at radius 1 is 0.914 bits per heavy atom. The Hall–Kier alpha value is -3.35. The minimum atomic E-state index is -0.883. The zero-order chi connectivity index (χ0) is 26.4. The van der Waals surface area contributed by atoms with E-state index in [1.807, 2.05) is 83.1 Å². The van der Waals surface area contributed by atoms with Crippen molar-refractivity contribution in [1.29, 1.82) is 0 Å². The second kappa shape index (κ2) is 11.4. The molecule has 0 radical (unpaired) electrons. The lowest BCUT2D eigenvalue weighted by Gasteiger charge is -2.42. The average molecular weight is 482 g/mol. The summed E-state index contributed by atoms with van der Waals surface area (Å²) in [6.07, 6.45) is -0.684. The van der Waals surface area contributed by atoms with E-state index in [1.54, 1.807) is 25.7 Å². The Morgan fingerprint density at radius 2 is 1.54 bits per heavy atom. The molecule has 0 aliphatic rings. The van der Waals surface area contributed by atoms with Crippen molar-refractivity contribution in [3.63, 3.8) is 0 Å². The van der Waals surface area contributed by atoms with E-state index in [9.17, 15) is 14.4 Å². The van der Waals surface area contributed by atoms with Gasteiger partial charge in [-0.05, 0) is 72.1 Å². The summed E-state index contributed by atoms with van der Waals surface area (Å²) in [6, 6.07) is 14.6. The zero-order valence-electron chi connectivity index (χ0n) is 22.2. The fourth-order valence-corrected chi connectivity index (χ4v) is 3.79. The largest absolute Gasteiger partial charge is 0.444 e. The van der Waals surface area contributed by atoms with Gasteiger partial charge in [-0.1, -0.05) is 54.1 Å². The molecule has 1 unspecified atom stereocenters. The number of nitrogens with one attached hydrogen (secondary N) is 2. The first-order valence-corrected chi connectivity index (χ1v) is 11.9. The molecule has 35 heavy (non-hydrogen) atoms. The molecule has 0 aromatic heterocycles. The molecule has 2 rings (SSSR count). The van der Waals surface area contributed by atoms with Gasteiger partial charge in [0.2, 0.25) is 11.8 Å². The summed E-state index contributed by atoms with van der Waals surface area (Å²) < 4.78 is 5.27. The van der Waals surface area contributed by atoms with Gasteiger partial charge in [-0.3, -0.25) is 9.59 Å². The Labute approximate surface area is 209 Å². The van der Waals surface area contributed by atoms with Crippen LogP contribution in [0.5, 0.6) is 0 Å². The molecule has 0 aliphatic carbocycles. The highest BCUT2D eigenvalue weighted by Gasteiger charge is 2.39. The summed E-state index contributed by atoms with van der Waals surface area (Å²) in [6.45, 7) is 14.8. The molecule has 2 aromatic carbocycles. The number of carbonyl (C=O) groups excluding carboxylic acids is 3. The predicted octanol–water partition coefficient (Wildman–Crippen LogP) is 4.81. The van der Waals surface area contributed by atoms with Crippen LogP contribution in [0.4, 0.5) is 4.79 Å². The highest BCUT2D eigenvalue weighted by atomic mass is 16.6. The monoisotopic (exact) mass is 481 g/mol. The van der Waals surface area contributed by atoms with Gasteiger partial charge in [0.15, 0.2) is 0 Å². The van der Waals surface area contributed by atoms with Crippen molar-refractivity contribution in [2.24, 2.45) is 0 Å². The third-order valence-corrected chi connectivity index (χ3v) is 5.32. The highest BCUT2D eigenvalue weighted by Crippen LogP contribution is 2.31. The number of carbonyl (C=O) groups is 3. The van der Waals surface area contributed by atoms with Crippen molar-refractivity contribution < 1.29 is 19.1 Å². The predicted molar refractivity (Wildman–Crippen MR) is 138 cm³/mol. The summed E-state index contributed by atoms with van der Waals surface area (Å²) in [7, 11) is 0. The lowest BCUT2D eigenvalue weighted by molar-refractivity contribution is -0.146. The van der Waals surface area contributed by atoms with Crippen molar-refractivity contribution in [2.75, 3.05) is 6.54 Å². The second-order valence-electron chi connectivity index (χ2n) is 10.8. The standard InChI is InChI=1S/C28H39N3O4/c1-19-14-15-20(2)22(16-19)24(25(33)29-17-21-12-10-9-11-13-21)31(27(3,4)5)23(32)18-30-26(34)35-28(6,7)8/h9-16,24H,17-18H2,1-8H3,(H,29,33)(H,30,34). The van der Waals surface area contributed by atoms with Gasteiger partial charge in [0, 0.05) is 12.1 Å². The molecule has 0 saturated heterocycles. The first-order chi connectivity index (χ1) is 16.2. The fraction of sp³-hybridized carbons (Fsp3) is 0.464. The number of benzene rings is 2. The smallest absolute Gasteiger partial charge is 0.408 e. The normalized spacial score (nSPS) is 12.5. The molecule has 0 aliphatic heterocycles. The molecule has 0 heterocycles. The van der Waals surface area contributed by atoms with Crippen LogP contribution in [0.3, 0.4) is 0 Å². The molecule has 0 spiro atoms. The van der Waals surface area contributed by atoms with E-state index in [-0.39, 0.29) is 18.4 Å². The Kier molecular flexibility index (Phi) is 9.07. The van der Waals surface area contributed by atoms with E-state index >= 15 is 0 Å². The number of hydrogen-bond donors (Lipinski definition) is 2. The van der Waals surface area contributed by atoms with Crippen molar-refractivity contribution in [1.82, 2.24) is 15.5 Å². The van der Waals surface area contributed by atoms with Crippen LogP contribution < -0.4 is 10.6 Å². The van der Waals surface area contributed by atoms with Gasteiger partial charge in [0.1, 0.15) is 18.2 Å². The van der Waals surface area contributed by atoms with E-state index < -0.39 is 23.3 Å². The number of aryl methyl sites for hydroxylation is 2. The first kappa shape index (κ1) is 27.9. The number of nitrogens with zero attached hydrogens (tertiary/aromatic N) is 1. The Morgan fingerprint density at radius 3 is 2.11 bits per heavy atom. The summed E-state index contributed by atoms with van der Waals surface area (Å²) in [5, 5.41) is 5.54. The van der Waals surface area contributed by atoms with Gasteiger partial charge in [0.25, 0.3) is 0 Å². The van der Waals surface area contributed by atoms with Crippen LogP contribution in [0.15, 0.2) is 48.5 Å². The van der Waals surface area contributed by atoms with Crippen molar-refractivity contribution >= 4 is 17.9 Å². The topological polar surface area (TPSA) is 87.7 Å². The minimum absolute atomic E-state index is 0.289. The lowest BCUT2D eigenvalue weighted by Crippen LogP contribution is -2.55. The van der Waals surface area contributed by atoms with Gasteiger partial charge in [-0.2, -0.15) is 0 Å². The van der Waals surface area contributed by atoms with Gasteiger partial charge in [-0.25, -0.2) is 4.79 Å². The molecule has 0 fully saturated rings. The summed E-state index contributed by atoms with van der Waals surface area (Å²) >= 11 is 0. The summed E-state index contributed by atoms with van der Waals surface area (Å²) in [5.74, 6) is -0.674. The maximum absolute atomic E-state index is 13.7. The number of amides is 3. The van der Waals surface area contributed by atoms with Gasteiger partial charge in [0.05, 0.1) is 0 Å². The van der Waals surface area contributed by atoms with Crippen LogP contribution in [0.1, 0.15) is 69.8 Å². The summed E-state index contributed by atoms with van der Waals surface area (Å²) in [5.41, 5.74) is 2.20. The fourth-order valence-electron chi connectivity index (χ4n) is 3.79. The lowest BCUT2D eigenvalue weighted by atomic mass is 9.92. The molecule has 190 valence electrons. The highest BCUT2D eigenvalue weighted by molar-refractivity contribution is 5.91. The van der Waals surface area contributed by atoms with Crippen molar-refractivity contribution in [2.45, 2.75) is 79.1 Å². The molecular weight excluding hydrogens is 442 g/mol. The van der Waals surface area contributed by atoms with E-state index in [1.165, 1.54) is 0 Å². The molecular formula is C28H39N3O4. The summed E-state index contributed by atoms with van der Waals surface area (Å²) in [4.78, 5) is 40.9. The quantitative estimate of drug-likeness (QED) is 0.594. The molecule has 0 bridgehead atoms. The van der Waals surface area contributed by atoms with Crippen LogP contribution in [0.25, 0.3) is 0 Å². The third kappa shape index (κ3) is 8.42. The van der Waals surface area contributed by atoms with Crippen LogP contribution >= 0.6 is 0 Å². The van der Waals surface area contributed by atoms with E-state index in [4.69, 9.17) is 4.74 Å². The van der Waals surface area contributed by atoms with Crippen LogP contribution in [0, 0.1) is 13.8 Å². The molecule has 7 nitrogen and oxygen atoms in total. The zero-order valence-corrected chi connectivity index (χ0v) is 22.2. The van der Waals surface area contributed by atoms with E-state index in [0.29, 0.717) is 6.54 Å². The minimum Gasteiger partial charge on any atom is -0.444 e. The Balaban J connectivity index is 2.40. The maximum atomic E-state index is 13.7. The van der Waals surface area contributed by atoms with Crippen molar-refractivity contribution in [3.8, 4) is 0 Å². The SMILES string of the molecule is Cc1ccc(C)c(C(C(=O)NCc2ccccc2)N(C(=O)CNC(=O)OC(C)(C)C)C(C)(C)C)c1. The number of ether oxygens (including phenoxy) is 1. The second-order valence-corrected chi connectivity index (χ2v) is 10.8.